The molecule has 0 spiro atoms. The van der Waals surface area contributed by atoms with E-state index < -0.39 is 0 Å². The van der Waals surface area contributed by atoms with Crippen molar-refractivity contribution in [3.8, 4) is 0 Å². The molecule has 0 aliphatic carbocycles. The summed E-state index contributed by atoms with van der Waals surface area (Å²) in [5.74, 6) is 1.19. The van der Waals surface area contributed by atoms with Crippen molar-refractivity contribution in [3.05, 3.63) is 0 Å². The van der Waals surface area contributed by atoms with Gasteiger partial charge in [0.05, 0.1) is 6.54 Å². The molecular weight excluding hydrogens is 150 g/mol. The fraction of sp³-hybridized carbons (Fsp3) is 0.833. The van der Waals surface area contributed by atoms with Crippen molar-refractivity contribution in [1.82, 2.24) is 0 Å². The molecule has 0 N–H and O–H groups in total. The van der Waals surface area contributed by atoms with Gasteiger partial charge in [-0.25, -0.2) is 0 Å². The summed E-state index contributed by atoms with van der Waals surface area (Å²) in [6, 6.07) is 0. The molecule has 9 heavy (non-hydrogen) atoms. The summed E-state index contributed by atoms with van der Waals surface area (Å²) in [7, 11) is 0. The SMILES string of the molecule is CC(C)SC1=NCCS1. The highest BCUT2D eigenvalue weighted by atomic mass is 32.2. The maximum absolute atomic E-state index is 4.32. The van der Waals surface area contributed by atoms with Crippen LogP contribution in [0.3, 0.4) is 0 Å². The Labute approximate surface area is 64.7 Å². The Morgan fingerprint density at radius 3 is 2.89 bits per heavy atom. The van der Waals surface area contributed by atoms with E-state index in [1.807, 2.05) is 23.5 Å². The number of rotatable bonds is 1. The van der Waals surface area contributed by atoms with Gasteiger partial charge in [-0.1, -0.05) is 37.4 Å². The van der Waals surface area contributed by atoms with E-state index in [1.54, 1.807) is 0 Å². The molecule has 1 heterocycles. The smallest absolute Gasteiger partial charge is 0.124 e. The molecule has 0 saturated heterocycles. The van der Waals surface area contributed by atoms with E-state index in [0.717, 1.165) is 6.54 Å². The van der Waals surface area contributed by atoms with E-state index in [9.17, 15) is 0 Å². The van der Waals surface area contributed by atoms with Crippen LogP contribution >= 0.6 is 23.5 Å². The predicted octanol–water partition coefficient (Wildman–Crippen LogP) is 2.23. The third kappa shape index (κ3) is 2.63. The van der Waals surface area contributed by atoms with E-state index >= 15 is 0 Å². The van der Waals surface area contributed by atoms with Gasteiger partial charge in [0.2, 0.25) is 0 Å². The Kier molecular flexibility index (Phi) is 2.92. The first-order valence-corrected chi connectivity index (χ1v) is 4.99. The molecule has 1 rings (SSSR count). The molecule has 52 valence electrons. The monoisotopic (exact) mass is 161 g/mol. The van der Waals surface area contributed by atoms with Gasteiger partial charge in [-0.15, -0.1) is 0 Å². The Balaban J connectivity index is 2.26. The van der Waals surface area contributed by atoms with Crippen LogP contribution in [0.25, 0.3) is 0 Å². The van der Waals surface area contributed by atoms with Crippen molar-refractivity contribution >= 4 is 27.9 Å². The van der Waals surface area contributed by atoms with Crippen LogP contribution in [0.5, 0.6) is 0 Å². The minimum absolute atomic E-state index is 0.689. The minimum Gasteiger partial charge on any atom is -0.271 e. The number of nitrogens with zero attached hydrogens (tertiary/aromatic N) is 1. The van der Waals surface area contributed by atoms with Gasteiger partial charge in [-0.05, 0) is 0 Å². The zero-order valence-corrected chi connectivity index (χ0v) is 7.39. The summed E-state index contributed by atoms with van der Waals surface area (Å²) in [5.41, 5.74) is 0. The van der Waals surface area contributed by atoms with Gasteiger partial charge < -0.3 is 0 Å². The van der Waals surface area contributed by atoms with Gasteiger partial charge in [-0.2, -0.15) is 0 Å². The highest BCUT2D eigenvalue weighted by Gasteiger charge is 2.08. The van der Waals surface area contributed by atoms with Crippen molar-refractivity contribution in [2.24, 2.45) is 4.99 Å². The summed E-state index contributed by atoms with van der Waals surface area (Å²) in [6.07, 6.45) is 0. The molecule has 3 heteroatoms. The highest BCUT2D eigenvalue weighted by Crippen LogP contribution is 2.24. The Bertz CT molecular complexity index is 120. The van der Waals surface area contributed by atoms with Gasteiger partial charge >= 0.3 is 0 Å². The van der Waals surface area contributed by atoms with Crippen LogP contribution in [0.2, 0.25) is 0 Å². The van der Waals surface area contributed by atoms with Crippen molar-refractivity contribution in [1.29, 1.82) is 0 Å². The van der Waals surface area contributed by atoms with Crippen LogP contribution in [0.4, 0.5) is 0 Å². The second-order valence-electron chi connectivity index (χ2n) is 2.16. The molecule has 0 aromatic carbocycles. The molecule has 1 aliphatic heterocycles. The van der Waals surface area contributed by atoms with Crippen molar-refractivity contribution in [3.63, 3.8) is 0 Å². The molecule has 1 aliphatic rings. The fourth-order valence-corrected chi connectivity index (χ4v) is 2.80. The van der Waals surface area contributed by atoms with Crippen molar-refractivity contribution < 1.29 is 0 Å². The lowest BCUT2D eigenvalue weighted by Crippen LogP contribution is -1.90. The molecular formula is C6H11NS2. The van der Waals surface area contributed by atoms with E-state index in [0.29, 0.717) is 5.25 Å². The molecule has 0 atom stereocenters. The second kappa shape index (κ2) is 3.52. The number of thioether (sulfide) groups is 2. The van der Waals surface area contributed by atoms with Gasteiger partial charge in [0.25, 0.3) is 0 Å². The molecule has 0 amide bonds. The quantitative estimate of drug-likeness (QED) is 0.584. The number of hydrogen-bond acceptors (Lipinski definition) is 3. The number of aliphatic imine (C=N–C) groups is 1. The van der Waals surface area contributed by atoms with Gasteiger partial charge in [-0.3, -0.25) is 4.99 Å². The van der Waals surface area contributed by atoms with Crippen molar-refractivity contribution in [2.45, 2.75) is 19.1 Å². The first kappa shape index (κ1) is 7.48. The van der Waals surface area contributed by atoms with Crippen LogP contribution < -0.4 is 0 Å². The van der Waals surface area contributed by atoms with Crippen LogP contribution in [-0.4, -0.2) is 21.9 Å². The maximum Gasteiger partial charge on any atom is 0.124 e. The standard InChI is InChI=1S/C6H11NS2/c1-5(2)9-6-7-3-4-8-6/h5H,3-4H2,1-2H3. The van der Waals surface area contributed by atoms with Crippen LogP contribution in [0, 0.1) is 0 Å². The van der Waals surface area contributed by atoms with E-state index in [1.165, 1.54) is 10.1 Å². The average molecular weight is 161 g/mol. The summed E-state index contributed by atoms with van der Waals surface area (Å²) >= 11 is 3.76. The molecule has 0 unspecified atom stereocenters. The molecule has 0 radical (unpaired) electrons. The lowest BCUT2D eigenvalue weighted by atomic mass is 10.6. The van der Waals surface area contributed by atoms with E-state index in [-0.39, 0.29) is 0 Å². The summed E-state index contributed by atoms with van der Waals surface area (Å²) in [6.45, 7) is 5.43. The zero-order chi connectivity index (χ0) is 6.69. The normalized spacial score (nSPS) is 18.8. The van der Waals surface area contributed by atoms with Crippen molar-refractivity contribution in [2.75, 3.05) is 12.3 Å². The second-order valence-corrected chi connectivity index (χ2v) is 5.07. The van der Waals surface area contributed by atoms with Crippen LogP contribution in [-0.2, 0) is 0 Å². The lowest BCUT2D eigenvalue weighted by Gasteiger charge is -2.00. The minimum atomic E-state index is 0.689. The number of hydrogen-bond donors (Lipinski definition) is 0. The Morgan fingerprint density at radius 2 is 2.44 bits per heavy atom. The largest absolute Gasteiger partial charge is 0.271 e. The molecule has 1 nitrogen and oxygen atoms in total. The average Bonchev–Trinajstić information content (AvgIpc) is 2.15. The predicted molar refractivity (Wildman–Crippen MR) is 47.5 cm³/mol. The molecule has 0 fully saturated rings. The van der Waals surface area contributed by atoms with Gasteiger partial charge in [0.15, 0.2) is 0 Å². The Morgan fingerprint density at radius 1 is 1.67 bits per heavy atom. The maximum atomic E-state index is 4.32. The molecule has 0 aromatic rings. The summed E-state index contributed by atoms with van der Waals surface area (Å²) in [5, 5.41) is 0.689. The fourth-order valence-electron chi connectivity index (χ4n) is 0.588. The highest BCUT2D eigenvalue weighted by molar-refractivity contribution is 8.39. The first-order valence-electron chi connectivity index (χ1n) is 3.13. The molecule has 0 bridgehead atoms. The molecule has 0 aromatic heterocycles. The third-order valence-electron chi connectivity index (χ3n) is 0.894. The zero-order valence-electron chi connectivity index (χ0n) is 5.76. The van der Waals surface area contributed by atoms with Gasteiger partial charge in [0.1, 0.15) is 4.38 Å². The van der Waals surface area contributed by atoms with Crippen LogP contribution in [0.15, 0.2) is 4.99 Å². The summed E-state index contributed by atoms with van der Waals surface area (Å²) < 4.78 is 1.28. The van der Waals surface area contributed by atoms with Crippen LogP contribution in [0.1, 0.15) is 13.8 Å². The summed E-state index contributed by atoms with van der Waals surface area (Å²) in [4.78, 5) is 4.32. The first-order chi connectivity index (χ1) is 4.29. The molecule has 0 saturated carbocycles. The topological polar surface area (TPSA) is 12.4 Å². The van der Waals surface area contributed by atoms with E-state index in [4.69, 9.17) is 0 Å². The third-order valence-corrected chi connectivity index (χ3v) is 3.10. The lowest BCUT2D eigenvalue weighted by molar-refractivity contribution is 1.12. The van der Waals surface area contributed by atoms with E-state index in [2.05, 4.69) is 18.8 Å². The Hall–Kier alpha value is 0.370. The van der Waals surface area contributed by atoms with Gasteiger partial charge in [0, 0.05) is 11.0 Å².